The van der Waals surface area contributed by atoms with Gasteiger partial charge in [-0.25, -0.2) is 0 Å². The molecule has 23 heavy (non-hydrogen) atoms. The summed E-state index contributed by atoms with van der Waals surface area (Å²) in [5.74, 6) is 0.519. The molecule has 3 aliphatic heterocycles. The summed E-state index contributed by atoms with van der Waals surface area (Å²) in [4.78, 5) is 17.7. The molecule has 3 saturated heterocycles. The van der Waals surface area contributed by atoms with E-state index in [9.17, 15) is 4.79 Å². The van der Waals surface area contributed by atoms with Crippen LogP contribution >= 0.6 is 0 Å². The van der Waals surface area contributed by atoms with Gasteiger partial charge in [-0.05, 0) is 32.2 Å². The third-order valence-electron chi connectivity index (χ3n) is 5.33. The molecule has 0 aromatic carbocycles. The standard InChI is InChI=1S/C17H31N3O3/c21-17(15-3-10-22-11-4-15)20(16-2-1-5-18-14-16)7-6-19-8-12-23-13-9-19/h15-16,18H,1-14H2. The Morgan fingerprint density at radius 2 is 1.83 bits per heavy atom. The van der Waals surface area contributed by atoms with Crippen LogP contribution in [0, 0.1) is 5.92 Å². The maximum absolute atomic E-state index is 13.1. The number of carbonyl (C=O) groups excluding carboxylic acids is 1. The Morgan fingerprint density at radius 3 is 2.52 bits per heavy atom. The zero-order chi connectivity index (χ0) is 15.9. The summed E-state index contributed by atoms with van der Waals surface area (Å²) in [6.07, 6.45) is 4.06. The lowest BCUT2D eigenvalue weighted by atomic mass is 9.96. The minimum absolute atomic E-state index is 0.162. The third-order valence-corrected chi connectivity index (χ3v) is 5.33. The second-order valence-corrected chi connectivity index (χ2v) is 6.87. The molecule has 3 heterocycles. The Balaban J connectivity index is 1.58. The Morgan fingerprint density at radius 1 is 1.09 bits per heavy atom. The van der Waals surface area contributed by atoms with Gasteiger partial charge in [-0.15, -0.1) is 0 Å². The zero-order valence-electron chi connectivity index (χ0n) is 14.2. The fraction of sp³-hybridized carbons (Fsp3) is 0.941. The van der Waals surface area contributed by atoms with Gasteiger partial charge >= 0.3 is 0 Å². The number of amides is 1. The van der Waals surface area contributed by atoms with Crippen molar-refractivity contribution in [2.24, 2.45) is 5.92 Å². The summed E-state index contributed by atoms with van der Waals surface area (Å²) in [6, 6.07) is 0.361. The molecule has 0 aliphatic carbocycles. The first-order valence-electron chi connectivity index (χ1n) is 9.23. The van der Waals surface area contributed by atoms with Gasteiger partial charge in [-0.1, -0.05) is 0 Å². The van der Waals surface area contributed by atoms with Gasteiger partial charge in [0.2, 0.25) is 5.91 Å². The van der Waals surface area contributed by atoms with Gasteiger partial charge in [0.1, 0.15) is 0 Å². The van der Waals surface area contributed by atoms with Crippen molar-refractivity contribution in [2.75, 3.05) is 65.7 Å². The summed E-state index contributed by atoms with van der Waals surface area (Å²) in [5, 5.41) is 3.46. The molecular formula is C17H31N3O3. The minimum atomic E-state index is 0.162. The molecule has 1 N–H and O–H groups in total. The number of piperidine rings is 1. The maximum Gasteiger partial charge on any atom is 0.226 e. The molecule has 1 amide bonds. The summed E-state index contributed by atoms with van der Waals surface area (Å²) in [7, 11) is 0. The van der Waals surface area contributed by atoms with Gasteiger partial charge in [0.05, 0.1) is 13.2 Å². The normalized spacial score (nSPS) is 27.7. The molecule has 132 valence electrons. The van der Waals surface area contributed by atoms with Crippen LogP contribution in [-0.4, -0.2) is 87.4 Å². The lowest BCUT2D eigenvalue weighted by molar-refractivity contribution is -0.141. The molecule has 1 unspecified atom stereocenters. The van der Waals surface area contributed by atoms with Crippen LogP contribution in [0.3, 0.4) is 0 Å². The highest BCUT2D eigenvalue weighted by Gasteiger charge is 2.31. The molecule has 3 rings (SSSR count). The third kappa shape index (κ3) is 4.89. The molecule has 0 radical (unpaired) electrons. The monoisotopic (exact) mass is 325 g/mol. The first-order valence-corrected chi connectivity index (χ1v) is 9.23. The predicted octanol–water partition coefficient (Wildman–Crippen LogP) is 0.326. The second kappa shape index (κ2) is 8.97. The number of nitrogens with one attached hydrogen (secondary N) is 1. The van der Waals surface area contributed by atoms with Crippen molar-refractivity contribution in [1.29, 1.82) is 0 Å². The number of hydrogen-bond donors (Lipinski definition) is 1. The predicted molar refractivity (Wildman–Crippen MR) is 88.4 cm³/mol. The van der Waals surface area contributed by atoms with Crippen molar-refractivity contribution < 1.29 is 14.3 Å². The second-order valence-electron chi connectivity index (χ2n) is 6.87. The summed E-state index contributed by atoms with van der Waals surface area (Å²) in [5.41, 5.74) is 0. The van der Waals surface area contributed by atoms with E-state index in [1.54, 1.807) is 0 Å². The SMILES string of the molecule is O=C(C1CCOCC1)N(CCN1CCOCC1)C1CCCNC1. The number of nitrogens with zero attached hydrogens (tertiary/aromatic N) is 2. The van der Waals surface area contributed by atoms with Crippen molar-refractivity contribution >= 4 is 5.91 Å². The maximum atomic E-state index is 13.1. The zero-order valence-corrected chi connectivity index (χ0v) is 14.2. The molecule has 6 nitrogen and oxygen atoms in total. The Kier molecular flexibility index (Phi) is 6.68. The first-order chi connectivity index (χ1) is 11.3. The molecule has 0 aromatic rings. The highest BCUT2D eigenvalue weighted by molar-refractivity contribution is 5.79. The van der Waals surface area contributed by atoms with Crippen LogP contribution < -0.4 is 5.32 Å². The lowest BCUT2D eigenvalue weighted by Gasteiger charge is -2.39. The quantitative estimate of drug-likeness (QED) is 0.789. The van der Waals surface area contributed by atoms with E-state index in [1.807, 2.05) is 0 Å². The molecule has 0 bridgehead atoms. The molecule has 3 aliphatic rings. The molecule has 0 saturated carbocycles. The highest BCUT2D eigenvalue weighted by Crippen LogP contribution is 2.21. The van der Waals surface area contributed by atoms with Crippen molar-refractivity contribution in [3.63, 3.8) is 0 Å². The smallest absolute Gasteiger partial charge is 0.226 e. The summed E-state index contributed by atoms with van der Waals surface area (Å²) in [6.45, 7) is 8.92. The van der Waals surface area contributed by atoms with Gasteiger partial charge in [-0.2, -0.15) is 0 Å². The van der Waals surface area contributed by atoms with Crippen LogP contribution in [0.1, 0.15) is 25.7 Å². The Bertz CT molecular complexity index is 362. The van der Waals surface area contributed by atoms with Crippen LogP contribution in [0.4, 0.5) is 0 Å². The summed E-state index contributed by atoms with van der Waals surface area (Å²) >= 11 is 0. The van der Waals surface area contributed by atoms with E-state index in [0.29, 0.717) is 11.9 Å². The number of rotatable bonds is 5. The van der Waals surface area contributed by atoms with E-state index < -0.39 is 0 Å². The van der Waals surface area contributed by atoms with Crippen LogP contribution in [0.2, 0.25) is 0 Å². The fourth-order valence-corrected chi connectivity index (χ4v) is 3.83. The average Bonchev–Trinajstić information content (AvgIpc) is 2.64. The molecule has 0 spiro atoms. The highest BCUT2D eigenvalue weighted by atomic mass is 16.5. The van der Waals surface area contributed by atoms with Crippen molar-refractivity contribution in [3.05, 3.63) is 0 Å². The Labute approximate surface area is 139 Å². The van der Waals surface area contributed by atoms with Crippen LogP contribution in [0.5, 0.6) is 0 Å². The van der Waals surface area contributed by atoms with E-state index in [1.165, 1.54) is 6.42 Å². The van der Waals surface area contributed by atoms with Crippen LogP contribution in [0.15, 0.2) is 0 Å². The van der Waals surface area contributed by atoms with Crippen LogP contribution in [-0.2, 0) is 14.3 Å². The van der Waals surface area contributed by atoms with E-state index in [-0.39, 0.29) is 5.92 Å². The van der Waals surface area contributed by atoms with E-state index in [0.717, 1.165) is 85.0 Å². The lowest BCUT2D eigenvalue weighted by Crippen LogP contribution is -2.53. The number of ether oxygens (including phenoxy) is 2. The van der Waals surface area contributed by atoms with E-state index >= 15 is 0 Å². The van der Waals surface area contributed by atoms with Gasteiger partial charge in [0.15, 0.2) is 0 Å². The van der Waals surface area contributed by atoms with Crippen molar-refractivity contribution in [2.45, 2.75) is 31.7 Å². The first kappa shape index (κ1) is 17.1. The van der Waals surface area contributed by atoms with Gasteiger partial charge in [-0.3, -0.25) is 9.69 Å². The van der Waals surface area contributed by atoms with E-state index in [2.05, 4.69) is 15.1 Å². The molecule has 6 heteroatoms. The Hall–Kier alpha value is -0.690. The molecular weight excluding hydrogens is 294 g/mol. The number of morpholine rings is 1. The molecule has 3 fully saturated rings. The fourth-order valence-electron chi connectivity index (χ4n) is 3.83. The van der Waals surface area contributed by atoms with Crippen molar-refractivity contribution in [3.8, 4) is 0 Å². The number of carbonyl (C=O) groups is 1. The van der Waals surface area contributed by atoms with Crippen molar-refractivity contribution in [1.82, 2.24) is 15.1 Å². The van der Waals surface area contributed by atoms with E-state index in [4.69, 9.17) is 9.47 Å². The van der Waals surface area contributed by atoms with Gasteiger partial charge < -0.3 is 19.7 Å². The average molecular weight is 325 g/mol. The summed E-state index contributed by atoms with van der Waals surface area (Å²) < 4.78 is 10.8. The van der Waals surface area contributed by atoms with Gasteiger partial charge in [0, 0.05) is 57.9 Å². The van der Waals surface area contributed by atoms with Gasteiger partial charge in [0.25, 0.3) is 0 Å². The molecule has 1 atom stereocenters. The minimum Gasteiger partial charge on any atom is -0.381 e. The number of hydrogen-bond acceptors (Lipinski definition) is 5. The topological polar surface area (TPSA) is 54.0 Å². The largest absolute Gasteiger partial charge is 0.381 e. The molecule has 0 aromatic heterocycles. The van der Waals surface area contributed by atoms with Crippen LogP contribution in [0.25, 0.3) is 0 Å².